The number of nitrogens with one attached hydrogen (secondary N) is 1. The first-order chi connectivity index (χ1) is 12.7. The van der Waals surface area contributed by atoms with E-state index in [4.69, 9.17) is 21.5 Å². The van der Waals surface area contributed by atoms with Crippen LogP contribution >= 0.6 is 11.6 Å². The van der Waals surface area contributed by atoms with Crippen LogP contribution in [0.15, 0.2) is 47.4 Å². The molecule has 10 heteroatoms. The number of benzene rings is 2. The van der Waals surface area contributed by atoms with Crippen molar-refractivity contribution in [1.82, 2.24) is 0 Å². The van der Waals surface area contributed by atoms with E-state index in [1.807, 2.05) is 0 Å². The zero-order valence-corrected chi connectivity index (χ0v) is 15.8. The normalized spacial score (nSPS) is 17.3. The Morgan fingerprint density at radius 1 is 1.19 bits per heavy atom. The summed E-state index contributed by atoms with van der Waals surface area (Å²) in [4.78, 5) is 26.0. The first-order valence-corrected chi connectivity index (χ1v) is 9.73. The predicted molar refractivity (Wildman–Crippen MR) is 100 cm³/mol. The van der Waals surface area contributed by atoms with Crippen LogP contribution in [-0.4, -0.2) is 33.4 Å². The molecule has 2 amide bonds. The number of hydrogen-bond donors (Lipinski definition) is 2. The van der Waals surface area contributed by atoms with Crippen LogP contribution in [0.5, 0.6) is 5.75 Å². The molecule has 142 valence electrons. The number of methoxy groups -OCH3 is 1. The zero-order valence-electron chi connectivity index (χ0n) is 14.2. The number of carbonyl (C=O) groups is 2. The second kappa shape index (κ2) is 7.18. The van der Waals surface area contributed by atoms with E-state index < -0.39 is 22.0 Å². The molecule has 0 unspecified atom stereocenters. The monoisotopic (exact) mass is 409 g/mol. The number of nitrogens with two attached hydrogens (primary N) is 1. The average Bonchev–Trinajstić information content (AvgIpc) is 2.88. The summed E-state index contributed by atoms with van der Waals surface area (Å²) in [6.45, 7) is 0. The molecule has 0 spiro atoms. The highest BCUT2D eigenvalue weighted by atomic mass is 35.5. The third-order valence-electron chi connectivity index (χ3n) is 4.06. The summed E-state index contributed by atoms with van der Waals surface area (Å²) in [5, 5.41) is 8.27. The van der Waals surface area contributed by atoms with Gasteiger partial charge in [-0.2, -0.15) is 0 Å². The van der Waals surface area contributed by atoms with Gasteiger partial charge in [-0.1, -0.05) is 11.6 Å². The van der Waals surface area contributed by atoms with Crippen LogP contribution in [0.3, 0.4) is 0 Å². The topological polar surface area (TPSA) is 119 Å². The largest absolute Gasteiger partial charge is 0.495 e. The van der Waals surface area contributed by atoms with Gasteiger partial charge >= 0.3 is 0 Å². The SMILES string of the molecule is COc1ccc(N2C(=O)C[C@@H](Nc3ccc(S(N)(=O)=O)cc3)C2=O)cc1Cl. The Hall–Kier alpha value is -2.62. The van der Waals surface area contributed by atoms with E-state index in [0.29, 0.717) is 17.1 Å². The highest BCUT2D eigenvalue weighted by molar-refractivity contribution is 7.89. The predicted octanol–water partition coefficient (Wildman–Crippen LogP) is 1.74. The molecule has 1 aliphatic rings. The number of sulfonamides is 1. The van der Waals surface area contributed by atoms with Crippen LogP contribution in [0.4, 0.5) is 11.4 Å². The summed E-state index contributed by atoms with van der Waals surface area (Å²) >= 11 is 6.07. The second-order valence-corrected chi connectivity index (χ2v) is 7.83. The number of amides is 2. The van der Waals surface area contributed by atoms with Crippen molar-refractivity contribution in [2.75, 3.05) is 17.3 Å². The molecule has 0 radical (unpaired) electrons. The molecule has 0 aromatic heterocycles. The molecule has 1 atom stereocenters. The van der Waals surface area contributed by atoms with Gasteiger partial charge in [0, 0.05) is 5.69 Å². The number of hydrogen-bond acceptors (Lipinski definition) is 6. The highest BCUT2D eigenvalue weighted by Gasteiger charge is 2.39. The first kappa shape index (κ1) is 19.2. The minimum absolute atomic E-state index is 0.0422. The molecule has 2 aromatic carbocycles. The first-order valence-electron chi connectivity index (χ1n) is 7.80. The minimum atomic E-state index is -3.80. The van der Waals surface area contributed by atoms with Gasteiger partial charge in [0.05, 0.1) is 29.1 Å². The maximum Gasteiger partial charge on any atom is 0.256 e. The van der Waals surface area contributed by atoms with Crippen molar-refractivity contribution < 1.29 is 22.7 Å². The quantitative estimate of drug-likeness (QED) is 0.726. The summed E-state index contributed by atoms with van der Waals surface area (Å²) in [6.07, 6.45) is -0.0422. The summed E-state index contributed by atoms with van der Waals surface area (Å²) in [6, 6.07) is 9.45. The van der Waals surface area contributed by atoms with Gasteiger partial charge in [-0.3, -0.25) is 9.59 Å². The lowest BCUT2D eigenvalue weighted by molar-refractivity contribution is -0.121. The highest BCUT2D eigenvalue weighted by Crippen LogP contribution is 2.32. The standard InChI is InChI=1S/C17H16ClN3O5S/c1-26-15-7-4-11(8-13(15)18)21-16(22)9-14(17(21)23)20-10-2-5-12(6-3-10)27(19,24)25/h2-8,14,20H,9H2,1H3,(H2,19,24,25)/t14-/m1/s1. The number of imide groups is 1. The minimum Gasteiger partial charge on any atom is -0.495 e. The Morgan fingerprint density at radius 3 is 2.41 bits per heavy atom. The summed E-state index contributed by atoms with van der Waals surface area (Å²) in [5.74, 6) is -0.374. The van der Waals surface area contributed by atoms with Gasteiger partial charge in [-0.05, 0) is 42.5 Å². The Labute approximate surface area is 160 Å². The van der Waals surface area contributed by atoms with Gasteiger partial charge in [0.25, 0.3) is 5.91 Å². The number of rotatable bonds is 5. The Kier molecular flexibility index (Phi) is 5.09. The molecule has 0 aliphatic carbocycles. The van der Waals surface area contributed by atoms with Gasteiger partial charge in [0.2, 0.25) is 15.9 Å². The maximum absolute atomic E-state index is 12.7. The van der Waals surface area contributed by atoms with E-state index in [0.717, 1.165) is 4.90 Å². The van der Waals surface area contributed by atoms with Crippen LogP contribution < -0.4 is 20.1 Å². The lowest BCUT2D eigenvalue weighted by Gasteiger charge is -2.17. The van der Waals surface area contributed by atoms with Crippen LogP contribution in [0, 0.1) is 0 Å². The molecule has 8 nitrogen and oxygen atoms in total. The van der Waals surface area contributed by atoms with Crippen LogP contribution in [0.2, 0.25) is 5.02 Å². The molecule has 0 saturated carbocycles. The van der Waals surface area contributed by atoms with E-state index in [-0.39, 0.29) is 22.2 Å². The Morgan fingerprint density at radius 2 is 1.85 bits per heavy atom. The molecular weight excluding hydrogens is 394 g/mol. The van der Waals surface area contributed by atoms with Gasteiger partial charge in [0.1, 0.15) is 11.8 Å². The molecule has 1 fully saturated rings. The van der Waals surface area contributed by atoms with Crippen LogP contribution in [0.1, 0.15) is 6.42 Å². The van der Waals surface area contributed by atoms with Gasteiger partial charge in [-0.15, -0.1) is 0 Å². The molecule has 27 heavy (non-hydrogen) atoms. The molecular formula is C17H16ClN3O5S. The van der Waals surface area contributed by atoms with Crippen molar-refractivity contribution in [1.29, 1.82) is 0 Å². The van der Waals surface area contributed by atoms with Crippen molar-refractivity contribution in [3.63, 3.8) is 0 Å². The van der Waals surface area contributed by atoms with Crippen molar-refractivity contribution in [3.05, 3.63) is 47.5 Å². The average molecular weight is 410 g/mol. The fraction of sp³-hybridized carbons (Fsp3) is 0.176. The lowest BCUT2D eigenvalue weighted by atomic mass is 10.2. The number of primary sulfonamides is 1. The lowest BCUT2D eigenvalue weighted by Crippen LogP contribution is -2.34. The number of ether oxygens (including phenoxy) is 1. The van der Waals surface area contributed by atoms with E-state index in [1.165, 1.54) is 37.4 Å². The second-order valence-electron chi connectivity index (χ2n) is 5.86. The number of nitrogens with zero attached hydrogens (tertiary/aromatic N) is 1. The van der Waals surface area contributed by atoms with E-state index in [9.17, 15) is 18.0 Å². The summed E-state index contributed by atoms with van der Waals surface area (Å²) < 4.78 is 27.6. The summed E-state index contributed by atoms with van der Waals surface area (Å²) in [7, 11) is -2.33. The Balaban J connectivity index is 1.79. The molecule has 3 rings (SSSR count). The van der Waals surface area contributed by atoms with Crippen LogP contribution in [-0.2, 0) is 19.6 Å². The van der Waals surface area contributed by atoms with Gasteiger partial charge in [-0.25, -0.2) is 18.5 Å². The molecule has 1 aliphatic heterocycles. The van der Waals surface area contributed by atoms with Gasteiger partial charge in [0.15, 0.2) is 0 Å². The fourth-order valence-corrected chi connectivity index (χ4v) is 3.52. The number of carbonyl (C=O) groups excluding carboxylic acids is 2. The number of halogens is 1. The molecule has 1 saturated heterocycles. The molecule has 0 bridgehead atoms. The van der Waals surface area contributed by atoms with Crippen molar-refractivity contribution in [3.8, 4) is 5.75 Å². The van der Waals surface area contributed by atoms with E-state index in [2.05, 4.69) is 5.32 Å². The number of anilines is 2. The maximum atomic E-state index is 12.7. The third-order valence-corrected chi connectivity index (χ3v) is 5.29. The van der Waals surface area contributed by atoms with E-state index >= 15 is 0 Å². The van der Waals surface area contributed by atoms with Crippen LogP contribution in [0.25, 0.3) is 0 Å². The summed E-state index contributed by atoms with van der Waals surface area (Å²) in [5.41, 5.74) is 0.841. The smallest absolute Gasteiger partial charge is 0.256 e. The van der Waals surface area contributed by atoms with E-state index in [1.54, 1.807) is 12.1 Å². The molecule has 3 N–H and O–H groups in total. The molecule has 2 aromatic rings. The Bertz CT molecular complexity index is 1010. The van der Waals surface area contributed by atoms with Crippen molar-refractivity contribution in [2.24, 2.45) is 5.14 Å². The van der Waals surface area contributed by atoms with Crippen molar-refractivity contribution >= 4 is 44.8 Å². The zero-order chi connectivity index (χ0) is 19.8. The fourth-order valence-electron chi connectivity index (χ4n) is 2.75. The van der Waals surface area contributed by atoms with Gasteiger partial charge < -0.3 is 10.1 Å². The van der Waals surface area contributed by atoms with Crippen molar-refractivity contribution in [2.45, 2.75) is 17.4 Å². The molecule has 1 heterocycles. The third kappa shape index (κ3) is 3.90.